The van der Waals surface area contributed by atoms with Crippen molar-refractivity contribution in [2.75, 3.05) is 26.2 Å². The highest BCUT2D eigenvalue weighted by Crippen LogP contribution is 2.25. The lowest BCUT2D eigenvalue weighted by molar-refractivity contribution is -0.130. The molecule has 1 fully saturated rings. The molecule has 4 heteroatoms. The fourth-order valence-corrected chi connectivity index (χ4v) is 4.78. The van der Waals surface area contributed by atoms with Gasteiger partial charge in [0.05, 0.1) is 0 Å². The van der Waals surface area contributed by atoms with E-state index in [-0.39, 0.29) is 11.7 Å². The molecule has 0 aliphatic carbocycles. The Balaban J connectivity index is 1.34. The van der Waals surface area contributed by atoms with Crippen molar-refractivity contribution in [3.8, 4) is 0 Å². The summed E-state index contributed by atoms with van der Waals surface area (Å²) in [6.07, 6.45) is 4.51. The number of benzene rings is 2. The second-order valence-corrected chi connectivity index (χ2v) is 8.82. The van der Waals surface area contributed by atoms with Gasteiger partial charge in [0.25, 0.3) is 0 Å². The first-order valence-corrected chi connectivity index (χ1v) is 11.3. The zero-order chi connectivity index (χ0) is 20.9. The number of piperidine rings is 1. The molecule has 2 aliphatic heterocycles. The molecule has 0 N–H and O–H groups in total. The normalized spacial score (nSPS) is 18.0. The van der Waals surface area contributed by atoms with Crippen LogP contribution in [0.4, 0.5) is 0 Å². The van der Waals surface area contributed by atoms with Crippen LogP contribution in [0.25, 0.3) is 0 Å². The Labute approximate surface area is 179 Å². The van der Waals surface area contributed by atoms with Gasteiger partial charge in [-0.1, -0.05) is 42.5 Å². The monoisotopic (exact) mass is 404 g/mol. The van der Waals surface area contributed by atoms with E-state index in [0.29, 0.717) is 12.3 Å². The molecule has 4 rings (SSSR count). The van der Waals surface area contributed by atoms with Crippen molar-refractivity contribution in [3.05, 3.63) is 70.8 Å². The van der Waals surface area contributed by atoms with E-state index in [0.717, 1.165) is 64.0 Å². The van der Waals surface area contributed by atoms with E-state index in [2.05, 4.69) is 47.4 Å². The lowest BCUT2D eigenvalue weighted by Gasteiger charge is -2.31. The first-order valence-electron chi connectivity index (χ1n) is 11.3. The molecule has 0 unspecified atom stereocenters. The Kier molecular flexibility index (Phi) is 6.63. The molecule has 0 spiro atoms. The average molecular weight is 405 g/mol. The molecule has 2 heterocycles. The smallest absolute Gasteiger partial charge is 0.219 e. The number of hydrogen-bond donors (Lipinski definition) is 0. The van der Waals surface area contributed by atoms with Crippen LogP contribution in [0, 0.1) is 5.92 Å². The maximum absolute atomic E-state index is 12.9. The van der Waals surface area contributed by atoms with Crippen LogP contribution < -0.4 is 0 Å². The van der Waals surface area contributed by atoms with E-state index in [4.69, 9.17) is 0 Å². The van der Waals surface area contributed by atoms with Gasteiger partial charge in [-0.2, -0.15) is 0 Å². The van der Waals surface area contributed by atoms with E-state index >= 15 is 0 Å². The summed E-state index contributed by atoms with van der Waals surface area (Å²) in [5.41, 5.74) is 4.94. The fraction of sp³-hybridized carbons (Fsp3) is 0.462. The second kappa shape index (κ2) is 9.57. The summed E-state index contributed by atoms with van der Waals surface area (Å²) in [4.78, 5) is 28.8. The largest absolute Gasteiger partial charge is 0.343 e. The van der Waals surface area contributed by atoms with Crippen molar-refractivity contribution < 1.29 is 9.59 Å². The van der Waals surface area contributed by atoms with Crippen molar-refractivity contribution in [2.24, 2.45) is 5.92 Å². The number of hydrogen-bond acceptors (Lipinski definition) is 3. The first-order chi connectivity index (χ1) is 14.6. The molecule has 0 aromatic heterocycles. The second-order valence-electron chi connectivity index (χ2n) is 8.82. The summed E-state index contributed by atoms with van der Waals surface area (Å²) in [5.74, 6) is 0.796. The number of nitrogens with zero attached hydrogens (tertiary/aromatic N) is 2. The average Bonchev–Trinajstić information content (AvgIpc) is 2.97. The molecule has 30 heavy (non-hydrogen) atoms. The lowest BCUT2D eigenvalue weighted by Crippen LogP contribution is -2.37. The molecular weight excluding hydrogens is 372 g/mol. The molecule has 1 amide bonds. The highest BCUT2D eigenvalue weighted by Gasteiger charge is 2.24. The van der Waals surface area contributed by atoms with Gasteiger partial charge in [0, 0.05) is 51.6 Å². The summed E-state index contributed by atoms with van der Waals surface area (Å²) in [6.45, 7) is 6.28. The number of ketones is 1. The van der Waals surface area contributed by atoms with Gasteiger partial charge in [0.1, 0.15) is 0 Å². The quantitative estimate of drug-likeness (QED) is 0.704. The zero-order valence-corrected chi connectivity index (χ0v) is 18.0. The topological polar surface area (TPSA) is 40.6 Å². The highest BCUT2D eigenvalue weighted by atomic mass is 16.2. The summed E-state index contributed by atoms with van der Waals surface area (Å²) in [6, 6.07) is 17.0. The molecule has 0 radical (unpaired) electrons. The molecule has 4 nitrogen and oxygen atoms in total. The standard InChI is InChI=1S/C26H32N2O2/c1-20(29)28-15-9-21(10-16-28)17-26(30)25-8-7-23-11-13-27(14-12-24(23)18-25)19-22-5-3-2-4-6-22/h2-8,18,21H,9-17,19H2,1H3. The van der Waals surface area contributed by atoms with Crippen molar-refractivity contribution in [2.45, 2.75) is 45.6 Å². The minimum absolute atomic E-state index is 0.145. The summed E-state index contributed by atoms with van der Waals surface area (Å²) in [5, 5.41) is 0. The molecule has 1 saturated heterocycles. The van der Waals surface area contributed by atoms with Gasteiger partial charge in [-0.25, -0.2) is 0 Å². The van der Waals surface area contributed by atoms with Gasteiger partial charge >= 0.3 is 0 Å². The number of fused-ring (bicyclic) bond motifs is 1. The Morgan fingerprint density at radius 1 is 0.900 bits per heavy atom. The van der Waals surface area contributed by atoms with E-state index in [1.54, 1.807) is 6.92 Å². The zero-order valence-electron chi connectivity index (χ0n) is 18.0. The predicted molar refractivity (Wildman–Crippen MR) is 119 cm³/mol. The van der Waals surface area contributed by atoms with E-state index in [9.17, 15) is 9.59 Å². The minimum atomic E-state index is 0.145. The third kappa shape index (κ3) is 5.17. The van der Waals surface area contributed by atoms with Crippen LogP contribution >= 0.6 is 0 Å². The van der Waals surface area contributed by atoms with Crippen LogP contribution in [0.5, 0.6) is 0 Å². The van der Waals surface area contributed by atoms with Crippen LogP contribution in [0.15, 0.2) is 48.5 Å². The van der Waals surface area contributed by atoms with Crippen molar-refractivity contribution >= 4 is 11.7 Å². The van der Waals surface area contributed by atoms with Crippen LogP contribution in [0.3, 0.4) is 0 Å². The van der Waals surface area contributed by atoms with Crippen LogP contribution in [-0.4, -0.2) is 47.7 Å². The third-order valence-electron chi connectivity index (χ3n) is 6.71. The van der Waals surface area contributed by atoms with Gasteiger partial charge in [-0.3, -0.25) is 14.5 Å². The van der Waals surface area contributed by atoms with Crippen LogP contribution in [-0.2, 0) is 24.2 Å². The number of Topliss-reactive ketones (excluding diaryl/α,β-unsaturated/α-hetero) is 1. The molecule has 0 atom stereocenters. The van der Waals surface area contributed by atoms with Crippen molar-refractivity contribution in [1.82, 2.24) is 9.80 Å². The van der Waals surface area contributed by atoms with E-state index < -0.39 is 0 Å². The highest BCUT2D eigenvalue weighted by molar-refractivity contribution is 5.96. The van der Waals surface area contributed by atoms with Crippen LogP contribution in [0.1, 0.15) is 53.2 Å². The number of rotatable bonds is 5. The molecule has 0 saturated carbocycles. The summed E-state index contributed by atoms with van der Waals surface area (Å²) >= 11 is 0. The predicted octanol–water partition coefficient (Wildman–Crippen LogP) is 4.12. The molecule has 0 bridgehead atoms. The molecule has 2 aromatic rings. The fourth-order valence-electron chi connectivity index (χ4n) is 4.78. The van der Waals surface area contributed by atoms with Gasteiger partial charge in [-0.15, -0.1) is 0 Å². The Morgan fingerprint density at radius 3 is 2.30 bits per heavy atom. The SMILES string of the molecule is CC(=O)N1CCC(CC(=O)c2ccc3c(c2)CCN(Cc2ccccc2)CC3)CC1. The summed E-state index contributed by atoms with van der Waals surface area (Å²) in [7, 11) is 0. The number of likely N-dealkylation sites (tertiary alicyclic amines) is 1. The van der Waals surface area contributed by atoms with Crippen molar-refractivity contribution in [1.29, 1.82) is 0 Å². The van der Waals surface area contributed by atoms with Gasteiger partial charge in [-0.05, 0) is 54.4 Å². The molecule has 158 valence electrons. The first kappa shape index (κ1) is 20.8. The third-order valence-corrected chi connectivity index (χ3v) is 6.71. The van der Waals surface area contributed by atoms with Gasteiger partial charge in [0.15, 0.2) is 5.78 Å². The van der Waals surface area contributed by atoms with Crippen LogP contribution in [0.2, 0.25) is 0 Å². The number of amides is 1. The molecule has 2 aliphatic rings. The Hall–Kier alpha value is -2.46. The molecular formula is C26H32N2O2. The Bertz CT molecular complexity index is 885. The van der Waals surface area contributed by atoms with Gasteiger partial charge < -0.3 is 4.90 Å². The van der Waals surface area contributed by atoms with E-state index in [1.807, 2.05) is 11.0 Å². The summed E-state index contributed by atoms with van der Waals surface area (Å²) < 4.78 is 0. The Morgan fingerprint density at radius 2 is 1.60 bits per heavy atom. The minimum Gasteiger partial charge on any atom is -0.343 e. The van der Waals surface area contributed by atoms with E-state index in [1.165, 1.54) is 16.7 Å². The number of carbonyl (C=O) groups excluding carboxylic acids is 2. The van der Waals surface area contributed by atoms with Gasteiger partial charge in [0.2, 0.25) is 5.91 Å². The maximum atomic E-state index is 12.9. The number of carbonyl (C=O) groups is 2. The van der Waals surface area contributed by atoms with Crippen molar-refractivity contribution in [3.63, 3.8) is 0 Å². The molecule has 2 aromatic carbocycles. The maximum Gasteiger partial charge on any atom is 0.219 e. The lowest BCUT2D eigenvalue weighted by atomic mass is 9.88.